The van der Waals surface area contributed by atoms with Crippen LogP contribution in [0.25, 0.3) is 0 Å². The van der Waals surface area contributed by atoms with Gasteiger partial charge >= 0.3 is 12.1 Å². The highest BCUT2D eigenvalue weighted by Gasteiger charge is 2.30. The molecule has 4 rings (SSSR count). The zero-order chi connectivity index (χ0) is 27.3. The smallest absolute Gasteiger partial charge is 0.410 e. The number of hydrogen-bond acceptors (Lipinski definition) is 4. The van der Waals surface area contributed by atoms with E-state index >= 15 is 0 Å². The highest BCUT2D eigenvalue weighted by atomic mass is 19.1. The summed E-state index contributed by atoms with van der Waals surface area (Å²) in [5, 5.41) is 0. The zero-order valence-electron chi connectivity index (χ0n) is 22.7. The highest BCUT2D eigenvalue weighted by Crippen LogP contribution is 2.33. The van der Waals surface area contributed by atoms with Gasteiger partial charge in [0.15, 0.2) is 0 Å². The molecule has 0 radical (unpaired) electrons. The van der Waals surface area contributed by atoms with E-state index in [0.717, 1.165) is 35.4 Å². The average molecular weight is 521 g/mol. The normalized spacial score (nSPS) is 14.4. The minimum absolute atomic E-state index is 0.191. The molecule has 6 nitrogen and oxygen atoms in total. The molecule has 1 amide bonds. The minimum atomic E-state index is -0.592. The minimum Gasteiger partial charge on any atom is -0.456 e. The maximum atomic E-state index is 13.4. The van der Waals surface area contributed by atoms with Gasteiger partial charge in [-0.25, -0.2) is 14.0 Å². The van der Waals surface area contributed by atoms with Crippen molar-refractivity contribution < 1.29 is 23.5 Å². The Morgan fingerprint density at radius 1 is 0.974 bits per heavy atom. The molecule has 0 bridgehead atoms. The molecule has 0 N–H and O–H groups in total. The molecule has 38 heavy (non-hydrogen) atoms. The number of aryl methyl sites for hydroxylation is 1. The summed E-state index contributed by atoms with van der Waals surface area (Å²) in [7, 11) is 0. The summed E-state index contributed by atoms with van der Waals surface area (Å²) in [5.74, 6) is -0.400. The van der Waals surface area contributed by atoms with E-state index in [-0.39, 0.29) is 30.4 Å². The number of carbonyl (C=O) groups is 2. The predicted molar refractivity (Wildman–Crippen MR) is 145 cm³/mol. The van der Waals surface area contributed by atoms with Gasteiger partial charge < -0.3 is 18.9 Å². The second-order valence-corrected chi connectivity index (χ2v) is 10.9. The third-order valence-corrected chi connectivity index (χ3v) is 6.93. The Kier molecular flexibility index (Phi) is 8.55. The van der Waals surface area contributed by atoms with E-state index in [1.807, 2.05) is 64.1 Å². The van der Waals surface area contributed by atoms with Gasteiger partial charge in [-0.15, -0.1) is 0 Å². The third-order valence-electron chi connectivity index (χ3n) is 6.93. The van der Waals surface area contributed by atoms with Crippen molar-refractivity contribution in [3.05, 3.63) is 94.6 Å². The molecule has 2 aromatic carbocycles. The van der Waals surface area contributed by atoms with Crippen LogP contribution in [0.3, 0.4) is 0 Å². The van der Waals surface area contributed by atoms with Crippen LogP contribution in [-0.2, 0) is 29.0 Å². The van der Waals surface area contributed by atoms with Gasteiger partial charge in [-0.05, 0) is 76.3 Å². The molecule has 1 aliphatic rings. The third kappa shape index (κ3) is 7.03. The largest absolute Gasteiger partial charge is 0.456 e. The summed E-state index contributed by atoms with van der Waals surface area (Å²) in [5.41, 5.74) is 3.90. The van der Waals surface area contributed by atoms with E-state index in [9.17, 15) is 14.0 Å². The Bertz CT molecular complexity index is 1240. The van der Waals surface area contributed by atoms with Gasteiger partial charge in [-0.1, -0.05) is 42.5 Å². The molecule has 1 fully saturated rings. The van der Waals surface area contributed by atoms with Crippen molar-refractivity contribution in [2.75, 3.05) is 13.1 Å². The van der Waals surface area contributed by atoms with E-state index in [4.69, 9.17) is 9.47 Å². The van der Waals surface area contributed by atoms with Gasteiger partial charge in [-0.3, -0.25) is 0 Å². The molecule has 0 aliphatic carbocycles. The molecule has 2 heterocycles. The summed E-state index contributed by atoms with van der Waals surface area (Å²) in [6.45, 7) is 9.62. The molecule has 1 saturated heterocycles. The van der Waals surface area contributed by atoms with E-state index in [1.54, 1.807) is 17.0 Å². The molecule has 0 spiro atoms. The number of halogens is 1. The summed E-state index contributed by atoms with van der Waals surface area (Å²) in [6, 6.07) is 18.1. The molecular weight excluding hydrogens is 483 g/mol. The first-order valence-corrected chi connectivity index (χ1v) is 13.2. The van der Waals surface area contributed by atoms with Gasteiger partial charge in [0.1, 0.15) is 18.0 Å². The lowest BCUT2D eigenvalue weighted by molar-refractivity contribution is 0.00685. The highest BCUT2D eigenvalue weighted by molar-refractivity contribution is 5.91. The Morgan fingerprint density at radius 2 is 1.63 bits per heavy atom. The van der Waals surface area contributed by atoms with Gasteiger partial charge in [0.2, 0.25) is 0 Å². The molecule has 0 unspecified atom stereocenters. The van der Waals surface area contributed by atoms with Crippen LogP contribution in [-0.4, -0.2) is 40.2 Å². The summed E-state index contributed by atoms with van der Waals surface area (Å²) in [6.07, 6.45) is 1.95. The summed E-state index contributed by atoms with van der Waals surface area (Å²) >= 11 is 0. The van der Waals surface area contributed by atoms with Crippen LogP contribution >= 0.6 is 0 Å². The first-order chi connectivity index (χ1) is 18.1. The van der Waals surface area contributed by atoms with Crippen LogP contribution in [0.2, 0.25) is 0 Å². The predicted octanol–water partition coefficient (Wildman–Crippen LogP) is 6.65. The van der Waals surface area contributed by atoms with Crippen molar-refractivity contribution in [2.45, 2.75) is 71.6 Å². The van der Waals surface area contributed by atoms with E-state index in [1.165, 1.54) is 12.1 Å². The van der Waals surface area contributed by atoms with Gasteiger partial charge in [0, 0.05) is 36.9 Å². The number of carbonyl (C=O) groups excluding carboxylic acids is 2. The topological polar surface area (TPSA) is 60.8 Å². The Morgan fingerprint density at radius 3 is 2.26 bits per heavy atom. The standard InChI is InChI=1S/C31H37FN2O4/c1-22-27(29(35)38-31(2,3)4)20-28(34(22)19-14-23-10-12-26(32)13-11-23)25-15-17-33(18-16-25)30(36)37-21-24-8-6-5-7-9-24/h5-13,20,25H,14-19,21H2,1-4H3. The van der Waals surface area contributed by atoms with Crippen LogP contribution in [0.5, 0.6) is 0 Å². The fraction of sp³-hybridized carbons (Fsp3) is 0.419. The van der Waals surface area contributed by atoms with E-state index < -0.39 is 5.60 Å². The second-order valence-electron chi connectivity index (χ2n) is 10.9. The molecule has 1 aliphatic heterocycles. The Labute approximate surface area is 224 Å². The van der Waals surface area contributed by atoms with Crippen molar-refractivity contribution in [1.82, 2.24) is 9.47 Å². The van der Waals surface area contributed by atoms with Crippen LogP contribution in [0.4, 0.5) is 9.18 Å². The first kappa shape index (κ1) is 27.4. The van der Waals surface area contributed by atoms with Crippen molar-refractivity contribution in [3.8, 4) is 0 Å². The Hall–Kier alpha value is -3.61. The second kappa shape index (κ2) is 11.8. The quantitative estimate of drug-likeness (QED) is 0.327. The average Bonchev–Trinajstić information content (AvgIpc) is 3.23. The molecule has 202 valence electrons. The lowest BCUT2D eigenvalue weighted by Crippen LogP contribution is -2.38. The van der Waals surface area contributed by atoms with Crippen molar-refractivity contribution >= 4 is 12.1 Å². The molecule has 0 saturated carbocycles. The number of piperidine rings is 1. The summed E-state index contributed by atoms with van der Waals surface area (Å²) < 4.78 is 26.8. The fourth-order valence-electron chi connectivity index (χ4n) is 4.90. The molecule has 7 heteroatoms. The summed E-state index contributed by atoms with van der Waals surface area (Å²) in [4.78, 5) is 27.4. The van der Waals surface area contributed by atoms with Gasteiger partial charge in [0.05, 0.1) is 5.56 Å². The zero-order valence-corrected chi connectivity index (χ0v) is 22.7. The maximum absolute atomic E-state index is 13.4. The van der Waals surface area contributed by atoms with Gasteiger partial charge in [0.25, 0.3) is 0 Å². The molecule has 3 aromatic rings. The SMILES string of the molecule is Cc1c(C(=O)OC(C)(C)C)cc(C2CCN(C(=O)OCc3ccccc3)CC2)n1CCc1ccc(F)cc1. The van der Waals surface area contributed by atoms with Crippen LogP contribution < -0.4 is 0 Å². The van der Waals surface area contributed by atoms with Crippen LogP contribution in [0.1, 0.15) is 72.4 Å². The van der Waals surface area contributed by atoms with Crippen molar-refractivity contribution in [3.63, 3.8) is 0 Å². The number of amides is 1. The first-order valence-electron chi connectivity index (χ1n) is 13.2. The lowest BCUT2D eigenvalue weighted by Gasteiger charge is -2.32. The number of nitrogens with zero attached hydrogens (tertiary/aromatic N) is 2. The van der Waals surface area contributed by atoms with Gasteiger partial charge in [-0.2, -0.15) is 0 Å². The van der Waals surface area contributed by atoms with Crippen LogP contribution in [0.15, 0.2) is 60.7 Å². The number of benzene rings is 2. The molecule has 0 atom stereocenters. The number of aromatic nitrogens is 1. The number of ether oxygens (including phenoxy) is 2. The number of hydrogen-bond donors (Lipinski definition) is 0. The van der Waals surface area contributed by atoms with E-state index in [0.29, 0.717) is 31.6 Å². The number of rotatable bonds is 7. The van der Waals surface area contributed by atoms with Crippen molar-refractivity contribution in [1.29, 1.82) is 0 Å². The van der Waals surface area contributed by atoms with Crippen molar-refractivity contribution in [2.24, 2.45) is 0 Å². The van der Waals surface area contributed by atoms with Crippen LogP contribution in [0, 0.1) is 12.7 Å². The molecular formula is C31H37FN2O4. The number of likely N-dealkylation sites (tertiary alicyclic amines) is 1. The number of esters is 1. The molecule has 1 aromatic heterocycles. The fourth-order valence-corrected chi connectivity index (χ4v) is 4.90. The monoisotopic (exact) mass is 520 g/mol. The lowest BCUT2D eigenvalue weighted by atomic mass is 9.93. The maximum Gasteiger partial charge on any atom is 0.410 e. The Balaban J connectivity index is 1.47. The van der Waals surface area contributed by atoms with E-state index in [2.05, 4.69) is 4.57 Å².